The first-order valence-electron chi connectivity index (χ1n) is 7.52. The average molecular weight is 303 g/mol. The SMILES string of the molecule is Cn1ccc2cc(C(CN)CNC(=O)OC(C)(C)C)ccc21. The van der Waals surface area contributed by atoms with Crippen LogP contribution in [0.3, 0.4) is 0 Å². The Bertz CT molecular complexity index is 655. The highest BCUT2D eigenvalue weighted by Crippen LogP contribution is 2.21. The monoisotopic (exact) mass is 303 g/mol. The van der Waals surface area contributed by atoms with E-state index in [0.717, 1.165) is 5.56 Å². The van der Waals surface area contributed by atoms with Crippen molar-refractivity contribution in [2.24, 2.45) is 12.8 Å². The number of aromatic nitrogens is 1. The Hall–Kier alpha value is -2.01. The van der Waals surface area contributed by atoms with Gasteiger partial charge >= 0.3 is 6.09 Å². The fourth-order valence-electron chi connectivity index (χ4n) is 2.41. The van der Waals surface area contributed by atoms with Crippen LogP contribution in [0.1, 0.15) is 32.3 Å². The summed E-state index contributed by atoms with van der Waals surface area (Å²) in [5, 5.41) is 3.97. The summed E-state index contributed by atoms with van der Waals surface area (Å²) in [7, 11) is 2.02. The Morgan fingerprint density at radius 3 is 2.73 bits per heavy atom. The second kappa shape index (κ2) is 6.40. The van der Waals surface area contributed by atoms with Gasteiger partial charge in [0, 0.05) is 37.8 Å². The molecule has 2 rings (SSSR count). The lowest BCUT2D eigenvalue weighted by Crippen LogP contribution is -2.36. The summed E-state index contributed by atoms with van der Waals surface area (Å²) < 4.78 is 7.33. The number of ether oxygens (including phenoxy) is 1. The maximum absolute atomic E-state index is 11.7. The molecule has 120 valence electrons. The Morgan fingerprint density at radius 1 is 1.36 bits per heavy atom. The predicted octanol–water partition coefficient (Wildman–Crippen LogP) is 2.75. The largest absolute Gasteiger partial charge is 0.444 e. The van der Waals surface area contributed by atoms with Crippen molar-refractivity contribution in [1.82, 2.24) is 9.88 Å². The fraction of sp³-hybridized carbons (Fsp3) is 0.471. The molecular formula is C17H25N3O2. The Kier molecular flexibility index (Phi) is 4.76. The highest BCUT2D eigenvalue weighted by molar-refractivity contribution is 5.81. The van der Waals surface area contributed by atoms with Gasteiger partial charge < -0.3 is 20.4 Å². The van der Waals surface area contributed by atoms with Crippen LogP contribution in [0.4, 0.5) is 4.79 Å². The maximum atomic E-state index is 11.7. The van der Waals surface area contributed by atoms with E-state index in [1.54, 1.807) is 0 Å². The number of nitrogens with zero attached hydrogens (tertiary/aromatic N) is 1. The van der Waals surface area contributed by atoms with Crippen LogP contribution in [0.15, 0.2) is 30.5 Å². The van der Waals surface area contributed by atoms with Crippen LogP contribution in [0, 0.1) is 0 Å². The van der Waals surface area contributed by atoms with Crippen molar-refractivity contribution < 1.29 is 9.53 Å². The molecule has 1 unspecified atom stereocenters. The van der Waals surface area contributed by atoms with Crippen LogP contribution in [0.2, 0.25) is 0 Å². The first-order chi connectivity index (χ1) is 10.3. The average Bonchev–Trinajstić information content (AvgIpc) is 2.79. The summed E-state index contributed by atoms with van der Waals surface area (Å²) in [6.07, 6.45) is 1.62. The smallest absolute Gasteiger partial charge is 0.407 e. The highest BCUT2D eigenvalue weighted by atomic mass is 16.6. The first kappa shape index (κ1) is 16.4. The summed E-state index contributed by atoms with van der Waals surface area (Å²) in [5.41, 5.74) is 7.68. The number of carbonyl (C=O) groups excluding carboxylic acids is 1. The minimum absolute atomic E-state index is 0.0668. The van der Waals surface area contributed by atoms with Gasteiger partial charge in [-0.2, -0.15) is 0 Å². The fourth-order valence-corrected chi connectivity index (χ4v) is 2.41. The van der Waals surface area contributed by atoms with Gasteiger partial charge in [-0.3, -0.25) is 0 Å². The van der Waals surface area contributed by atoms with E-state index in [0.29, 0.717) is 13.1 Å². The van der Waals surface area contributed by atoms with E-state index in [2.05, 4.69) is 34.1 Å². The number of alkyl carbamates (subject to hydrolysis) is 1. The Morgan fingerprint density at radius 2 is 2.09 bits per heavy atom. The molecule has 0 fully saturated rings. The van der Waals surface area contributed by atoms with Gasteiger partial charge in [0.15, 0.2) is 0 Å². The van der Waals surface area contributed by atoms with Crippen molar-refractivity contribution >= 4 is 17.0 Å². The number of nitrogens with one attached hydrogen (secondary N) is 1. The summed E-state index contributed by atoms with van der Waals surface area (Å²) in [6.45, 7) is 6.46. The topological polar surface area (TPSA) is 69.3 Å². The lowest BCUT2D eigenvalue weighted by Gasteiger charge is -2.21. The van der Waals surface area contributed by atoms with Crippen LogP contribution in [0.5, 0.6) is 0 Å². The van der Waals surface area contributed by atoms with Crippen molar-refractivity contribution in [3.05, 3.63) is 36.0 Å². The van der Waals surface area contributed by atoms with E-state index >= 15 is 0 Å². The molecule has 0 aliphatic rings. The van der Waals surface area contributed by atoms with E-state index in [4.69, 9.17) is 10.5 Å². The molecule has 3 N–H and O–H groups in total. The number of aryl methyl sites for hydroxylation is 1. The van der Waals surface area contributed by atoms with Crippen LogP contribution >= 0.6 is 0 Å². The number of benzene rings is 1. The van der Waals surface area contributed by atoms with Gasteiger partial charge in [-0.15, -0.1) is 0 Å². The van der Waals surface area contributed by atoms with Crippen molar-refractivity contribution in [1.29, 1.82) is 0 Å². The normalized spacial score (nSPS) is 13.1. The highest BCUT2D eigenvalue weighted by Gasteiger charge is 2.18. The number of amides is 1. The van der Waals surface area contributed by atoms with E-state index in [9.17, 15) is 4.79 Å². The molecule has 1 atom stereocenters. The molecular weight excluding hydrogens is 278 g/mol. The van der Waals surface area contributed by atoms with Crippen molar-refractivity contribution in [2.45, 2.75) is 32.3 Å². The molecule has 0 saturated carbocycles. The van der Waals surface area contributed by atoms with Crippen LogP contribution in [-0.4, -0.2) is 29.4 Å². The first-order valence-corrected chi connectivity index (χ1v) is 7.52. The second-order valence-corrected chi connectivity index (χ2v) is 6.56. The molecule has 22 heavy (non-hydrogen) atoms. The third-order valence-electron chi connectivity index (χ3n) is 3.56. The molecule has 0 saturated heterocycles. The lowest BCUT2D eigenvalue weighted by atomic mass is 9.98. The quantitative estimate of drug-likeness (QED) is 0.912. The molecule has 0 spiro atoms. The lowest BCUT2D eigenvalue weighted by molar-refractivity contribution is 0.0525. The number of hydrogen-bond donors (Lipinski definition) is 2. The molecule has 1 heterocycles. The molecule has 1 aromatic carbocycles. The molecule has 1 amide bonds. The molecule has 1 aromatic heterocycles. The van der Waals surface area contributed by atoms with E-state index in [1.807, 2.05) is 34.0 Å². The maximum Gasteiger partial charge on any atom is 0.407 e. The minimum Gasteiger partial charge on any atom is -0.444 e. The zero-order chi connectivity index (χ0) is 16.3. The van der Waals surface area contributed by atoms with Crippen molar-refractivity contribution in [3.8, 4) is 0 Å². The van der Waals surface area contributed by atoms with E-state index < -0.39 is 11.7 Å². The molecule has 5 nitrogen and oxygen atoms in total. The van der Waals surface area contributed by atoms with Gasteiger partial charge in [0.2, 0.25) is 0 Å². The summed E-state index contributed by atoms with van der Waals surface area (Å²) >= 11 is 0. The number of nitrogens with two attached hydrogens (primary N) is 1. The van der Waals surface area contributed by atoms with Crippen LogP contribution < -0.4 is 11.1 Å². The summed E-state index contributed by atoms with van der Waals surface area (Å²) in [4.78, 5) is 11.7. The third kappa shape index (κ3) is 4.01. The second-order valence-electron chi connectivity index (χ2n) is 6.56. The molecule has 0 aliphatic heterocycles. The zero-order valence-electron chi connectivity index (χ0n) is 13.7. The minimum atomic E-state index is -0.495. The van der Waals surface area contributed by atoms with Crippen LogP contribution in [-0.2, 0) is 11.8 Å². The van der Waals surface area contributed by atoms with Gasteiger partial charge in [0.05, 0.1) is 0 Å². The molecule has 5 heteroatoms. The van der Waals surface area contributed by atoms with Gasteiger partial charge in [-0.25, -0.2) is 4.79 Å². The van der Waals surface area contributed by atoms with Gasteiger partial charge in [-0.05, 0) is 49.9 Å². The van der Waals surface area contributed by atoms with E-state index in [1.165, 1.54) is 10.9 Å². The number of hydrogen-bond acceptors (Lipinski definition) is 3. The van der Waals surface area contributed by atoms with E-state index in [-0.39, 0.29) is 5.92 Å². The Labute approximate surface area is 131 Å². The number of rotatable bonds is 4. The summed E-state index contributed by atoms with van der Waals surface area (Å²) in [6, 6.07) is 8.36. The van der Waals surface area contributed by atoms with Gasteiger partial charge in [-0.1, -0.05) is 6.07 Å². The van der Waals surface area contributed by atoms with Crippen molar-refractivity contribution in [2.75, 3.05) is 13.1 Å². The zero-order valence-corrected chi connectivity index (χ0v) is 13.7. The van der Waals surface area contributed by atoms with Crippen molar-refractivity contribution in [3.63, 3.8) is 0 Å². The van der Waals surface area contributed by atoms with Gasteiger partial charge in [0.1, 0.15) is 5.60 Å². The predicted molar refractivity (Wildman–Crippen MR) is 89.0 cm³/mol. The Balaban J connectivity index is 2.05. The van der Waals surface area contributed by atoms with Crippen LogP contribution in [0.25, 0.3) is 10.9 Å². The molecule has 0 aliphatic carbocycles. The summed E-state index contributed by atoms with van der Waals surface area (Å²) in [5.74, 6) is 0.0668. The third-order valence-corrected chi connectivity index (χ3v) is 3.56. The number of carbonyl (C=O) groups is 1. The molecule has 0 bridgehead atoms. The number of fused-ring (bicyclic) bond motifs is 1. The standard InChI is InChI=1S/C17H25N3O2/c1-17(2,3)22-16(21)19-11-14(10-18)12-5-6-15-13(9-12)7-8-20(15)4/h5-9,14H,10-11,18H2,1-4H3,(H,19,21). The molecule has 0 radical (unpaired) electrons. The molecule has 2 aromatic rings. The van der Waals surface area contributed by atoms with Gasteiger partial charge in [0.25, 0.3) is 0 Å².